The molecule has 1 aromatic rings. The van der Waals surface area contributed by atoms with Gasteiger partial charge in [-0.2, -0.15) is 0 Å². The van der Waals surface area contributed by atoms with Gasteiger partial charge in [0.2, 0.25) is 0 Å². The highest BCUT2D eigenvalue weighted by atomic mass is 35.5. The van der Waals surface area contributed by atoms with Crippen molar-refractivity contribution in [1.82, 2.24) is 5.32 Å². The van der Waals surface area contributed by atoms with E-state index in [1.54, 1.807) is 0 Å². The maximum atomic E-state index is 10.3. The van der Waals surface area contributed by atoms with Crippen LogP contribution in [0.4, 0.5) is 0 Å². The Morgan fingerprint density at radius 2 is 2.00 bits per heavy atom. The third-order valence-electron chi connectivity index (χ3n) is 1.91. The average molecular weight is 248 g/mol. The third kappa shape index (κ3) is 5.89. The van der Waals surface area contributed by atoms with Crippen molar-refractivity contribution in [2.75, 3.05) is 12.3 Å². The molecule has 1 rings (SSSR count). The zero-order valence-electron chi connectivity index (χ0n) is 8.28. The van der Waals surface area contributed by atoms with E-state index in [9.17, 15) is 4.21 Å². The molecule has 0 amide bonds. The largest absolute Gasteiger partial charge is 0.313 e. The summed E-state index contributed by atoms with van der Waals surface area (Å²) in [5.74, 6) is 0.327. The normalized spacial score (nSPS) is 12.7. The van der Waals surface area contributed by atoms with Crippen LogP contribution in [0.2, 0.25) is 5.02 Å². The molecule has 1 unspecified atom stereocenters. The quantitative estimate of drug-likeness (QED) is 0.598. The average Bonchev–Trinajstić information content (AvgIpc) is 2.20. The minimum Gasteiger partial charge on any atom is -0.313 e. The molecule has 0 saturated heterocycles. The molecular formula is C10H14ClNO2S. The Morgan fingerprint density at radius 3 is 2.60 bits per heavy atom. The summed E-state index contributed by atoms with van der Waals surface area (Å²) in [7, 11) is 0. The summed E-state index contributed by atoms with van der Waals surface area (Å²) in [6, 6.07) is 7.61. The van der Waals surface area contributed by atoms with Crippen molar-refractivity contribution >= 4 is 22.7 Å². The summed E-state index contributed by atoms with van der Waals surface area (Å²) in [6.07, 6.45) is 0.705. The van der Waals surface area contributed by atoms with Crippen molar-refractivity contribution < 1.29 is 8.76 Å². The van der Waals surface area contributed by atoms with E-state index in [0.29, 0.717) is 12.2 Å². The third-order valence-corrected chi connectivity index (χ3v) is 2.80. The lowest BCUT2D eigenvalue weighted by molar-refractivity contribution is 0.558. The van der Waals surface area contributed by atoms with Gasteiger partial charge < -0.3 is 9.87 Å². The van der Waals surface area contributed by atoms with Crippen molar-refractivity contribution in [2.24, 2.45) is 0 Å². The second-order valence-electron chi connectivity index (χ2n) is 3.18. The van der Waals surface area contributed by atoms with Crippen LogP contribution < -0.4 is 5.32 Å². The van der Waals surface area contributed by atoms with Gasteiger partial charge in [0.1, 0.15) is 0 Å². The maximum absolute atomic E-state index is 10.3. The minimum atomic E-state index is -1.67. The summed E-state index contributed by atoms with van der Waals surface area (Å²) < 4.78 is 18.9. The molecule has 2 N–H and O–H groups in total. The number of hydrogen-bond acceptors (Lipinski definition) is 2. The molecule has 0 spiro atoms. The van der Waals surface area contributed by atoms with Crippen LogP contribution in [-0.4, -0.2) is 21.1 Å². The van der Waals surface area contributed by atoms with E-state index in [0.717, 1.165) is 23.7 Å². The molecule has 0 saturated carbocycles. The molecule has 0 heterocycles. The van der Waals surface area contributed by atoms with E-state index in [1.165, 1.54) is 0 Å². The molecule has 0 fully saturated rings. The Hall–Kier alpha value is -0.420. The van der Waals surface area contributed by atoms with Crippen LogP contribution in [0.1, 0.15) is 12.0 Å². The van der Waals surface area contributed by atoms with Crippen molar-refractivity contribution in [3.8, 4) is 0 Å². The Morgan fingerprint density at radius 1 is 1.33 bits per heavy atom. The Kier molecular flexibility index (Phi) is 5.86. The summed E-state index contributed by atoms with van der Waals surface area (Å²) >= 11 is 4.07. The van der Waals surface area contributed by atoms with Gasteiger partial charge in [0.25, 0.3) is 0 Å². The molecule has 0 aliphatic carbocycles. The highest BCUT2D eigenvalue weighted by Crippen LogP contribution is 2.08. The number of rotatable bonds is 6. The van der Waals surface area contributed by atoms with Crippen molar-refractivity contribution in [1.29, 1.82) is 0 Å². The highest BCUT2D eigenvalue weighted by Gasteiger charge is 1.95. The van der Waals surface area contributed by atoms with Crippen LogP contribution in [0, 0.1) is 0 Å². The lowest BCUT2D eigenvalue weighted by atomic mass is 10.2. The van der Waals surface area contributed by atoms with Gasteiger partial charge in [0.05, 0.1) is 5.75 Å². The van der Waals surface area contributed by atoms with E-state index >= 15 is 0 Å². The fourth-order valence-corrected chi connectivity index (χ4v) is 1.67. The number of nitrogens with one attached hydrogen (secondary N) is 1. The summed E-state index contributed by atoms with van der Waals surface area (Å²) in [5.41, 5.74) is 1.16. The topological polar surface area (TPSA) is 49.3 Å². The first-order chi connectivity index (χ1) is 7.18. The van der Waals surface area contributed by atoms with Gasteiger partial charge in [-0.1, -0.05) is 23.7 Å². The fourth-order valence-electron chi connectivity index (χ4n) is 1.16. The monoisotopic (exact) mass is 247 g/mol. The maximum Gasteiger partial charge on any atom is 0.152 e. The smallest absolute Gasteiger partial charge is 0.152 e. The molecule has 1 atom stereocenters. The van der Waals surface area contributed by atoms with Gasteiger partial charge in [-0.15, -0.1) is 0 Å². The first kappa shape index (κ1) is 12.6. The summed E-state index contributed by atoms with van der Waals surface area (Å²) in [4.78, 5) is 0. The zero-order valence-corrected chi connectivity index (χ0v) is 9.85. The van der Waals surface area contributed by atoms with E-state index < -0.39 is 11.1 Å². The number of halogens is 1. The number of hydrogen-bond donors (Lipinski definition) is 2. The molecule has 0 aliphatic heterocycles. The molecule has 3 nitrogen and oxygen atoms in total. The van der Waals surface area contributed by atoms with Crippen LogP contribution in [0.5, 0.6) is 0 Å². The van der Waals surface area contributed by atoms with Crippen LogP contribution in [0.15, 0.2) is 24.3 Å². The van der Waals surface area contributed by atoms with Crippen LogP contribution in [0.25, 0.3) is 0 Å². The van der Waals surface area contributed by atoms with E-state index in [-0.39, 0.29) is 0 Å². The molecule has 84 valence electrons. The summed E-state index contributed by atoms with van der Waals surface area (Å²) in [6.45, 7) is 1.50. The zero-order chi connectivity index (χ0) is 11.1. The lowest BCUT2D eigenvalue weighted by Gasteiger charge is -2.03. The predicted octanol–water partition coefficient (Wildman–Crippen LogP) is 2.04. The van der Waals surface area contributed by atoms with Crippen molar-refractivity contribution in [3.63, 3.8) is 0 Å². The standard InChI is InChI=1S/C10H14ClNO2S/c11-10-4-2-9(3-5-10)8-12-6-1-7-15(13)14/h2-5,12H,1,6-8H2,(H,13,14). The van der Waals surface area contributed by atoms with Gasteiger partial charge in [-0.05, 0) is 30.7 Å². The Labute approximate surface area is 97.1 Å². The lowest BCUT2D eigenvalue weighted by Crippen LogP contribution is -2.16. The first-order valence-electron chi connectivity index (χ1n) is 4.71. The molecule has 1 aromatic carbocycles. The molecule has 0 bridgehead atoms. The van der Waals surface area contributed by atoms with Crippen LogP contribution >= 0.6 is 11.6 Å². The second-order valence-corrected chi connectivity index (χ2v) is 4.67. The van der Waals surface area contributed by atoms with Crippen molar-refractivity contribution in [3.05, 3.63) is 34.9 Å². The fraction of sp³-hybridized carbons (Fsp3) is 0.400. The van der Waals surface area contributed by atoms with Gasteiger partial charge >= 0.3 is 0 Å². The van der Waals surface area contributed by atoms with Crippen LogP contribution in [-0.2, 0) is 17.6 Å². The predicted molar refractivity (Wildman–Crippen MR) is 63.4 cm³/mol. The van der Waals surface area contributed by atoms with Gasteiger partial charge in [-0.3, -0.25) is 0 Å². The summed E-state index contributed by atoms with van der Waals surface area (Å²) in [5, 5.41) is 3.92. The minimum absolute atomic E-state index is 0.327. The molecule has 15 heavy (non-hydrogen) atoms. The van der Waals surface area contributed by atoms with Gasteiger partial charge in [-0.25, -0.2) is 4.21 Å². The van der Waals surface area contributed by atoms with E-state index in [1.807, 2.05) is 24.3 Å². The SMILES string of the molecule is O=S(O)CCCNCc1ccc(Cl)cc1. The van der Waals surface area contributed by atoms with E-state index in [2.05, 4.69) is 5.32 Å². The van der Waals surface area contributed by atoms with Gasteiger partial charge in [0, 0.05) is 11.6 Å². The van der Waals surface area contributed by atoms with E-state index in [4.69, 9.17) is 16.2 Å². The van der Waals surface area contributed by atoms with Gasteiger partial charge in [0.15, 0.2) is 11.1 Å². The molecule has 5 heteroatoms. The first-order valence-corrected chi connectivity index (χ1v) is 6.36. The molecular weight excluding hydrogens is 234 g/mol. The molecule has 0 aliphatic rings. The van der Waals surface area contributed by atoms with Crippen molar-refractivity contribution in [2.45, 2.75) is 13.0 Å². The number of benzene rings is 1. The van der Waals surface area contributed by atoms with Crippen LogP contribution in [0.3, 0.4) is 0 Å². The second kappa shape index (κ2) is 6.95. The Balaban J connectivity index is 2.15. The molecule has 0 aromatic heterocycles. The highest BCUT2D eigenvalue weighted by molar-refractivity contribution is 7.79. The Bertz CT molecular complexity index is 316. The molecule has 0 radical (unpaired) electrons.